The van der Waals surface area contributed by atoms with Crippen LogP contribution in [0.15, 0.2) is 55.6 Å². The van der Waals surface area contributed by atoms with Gasteiger partial charge in [0.05, 0.1) is 31.2 Å². The van der Waals surface area contributed by atoms with Crippen LogP contribution in [0, 0.1) is 11.8 Å². The van der Waals surface area contributed by atoms with E-state index in [4.69, 9.17) is 9.47 Å². The van der Waals surface area contributed by atoms with Gasteiger partial charge in [-0.05, 0) is 37.8 Å². The molecule has 1 spiro atoms. The largest absolute Gasteiger partial charge is 0.396 e. The van der Waals surface area contributed by atoms with Gasteiger partial charge in [-0.3, -0.25) is 19.3 Å². The molecular formula is C32H44N4O6. The Hall–Kier alpha value is -3.05. The highest BCUT2D eigenvalue weighted by molar-refractivity contribution is 6.03. The first-order chi connectivity index (χ1) is 20.5. The number of hydrogen-bond acceptors (Lipinski definition) is 7. The topological polar surface area (TPSA) is 103 Å². The van der Waals surface area contributed by atoms with E-state index in [-0.39, 0.29) is 24.3 Å². The first-order valence-corrected chi connectivity index (χ1v) is 15.2. The summed E-state index contributed by atoms with van der Waals surface area (Å²) in [4.78, 5) is 50.3. The van der Waals surface area contributed by atoms with Crippen molar-refractivity contribution in [3.63, 3.8) is 0 Å². The molecular weight excluding hydrogens is 536 g/mol. The van der Waals surface area contributed by atoms with Crippen LogP contribution in [-0.4, -0.2) is 121 Å². The number of morpholine rings is 1. The molecule has 10 heteroatoms. The summed E-state index contributed by atoms with van der Waals surface area (Å²) in [5.41, 5.74) is -0.329. The summed E-state index contributed by atoms with van der Waals surface area (Å²) in [6.45, 7) is 12.9. The molecule has 3 amide bonds. The maximum absolute atomic E-state index is 14.5. The van der Waals surface area contributed by atoms with Crippen molar-refractivity contribution < 1.29 is 29.0 Å². The number of para-hydroxylation sites is 1. The van der Waals surface area contributed by atoms with E-state index in [1.165, 1.54) is 0 Å². The van der Waals surface area contributed by atoms with Crippen LogP contribution in [0.5, 0.6) is 0 Å². The lowest BCUT2D eigenvalue weighted by Gasteiger charge is -2.37. The number of hydrogen-bond donors (Lipinski definition) is 1. The number of benzene rings is 1. The molecule has 0 aliphatic carbocycles. The van der Waals surface area contributed by atoms with Gasteiger partial charge in [0.1, 0.15) is 11.6 Å². The number of aliphatic hydroxyl groups is 1. The van der Waals surface area contributed by atoms with Gasteiger partial charge in [0.2, 0.25) is 17.7 Å². The van der Waals surface area contributed by atoms with E-state index < -0.39 is 29.6 Å². The molecule has 2 bridgehead atoms. The van der Waals surface area contributed by atoms with Crippen molar-refractivity contribution in [1.82, 2.24) is 14.7 Å². The Kier molecular flexibility index (Phi) is 9.77. The van der Waals surface area contributed by atoms with Gasteiger partial charge in [0.15, 0.2) is 0 Å². The molecule has 4 heterocycles. The van der Waals surface area contributed by atoms with Crippen molar-refractivity contribution in [3.8, 4) is 0 Å². The molecule has 0 radical (unpaired) electrons. The van der Waals surface area contributed by atoms with Crippen molar-refractivity contribution in [2.45, 2.75) is 43.4 Å². The van der Waals surface area contributed by atoms with Crippen LogP contribution >= 0.6 is 0 Å². The highest BCUT2D eigenvalue weighted by atomic mass is 16.5. The lowest BCUT2D eigenvalue weighted by atomic mass is 9.70. The van der Waals surface area contributed by atoms with Crippen LogP contribution in [0.3, 0.4) is 0 Å². The van der Waals surface area contributed by atoms with E-state index in [2.05, 4.69) is 18.1 Å². The zero-order chi connectivity index (χ0) is 29.7. The number of fused-ring (bicyclic) bond motifs is 1. The Morgan fingerprint density at radius 2 is 1.79 bits per heavy atom. The first kappa shape index (κ1) is 30.4. The summed E-state index contributed by atoms with van der Waals surface area (Å²) in [5, 5.41) is 9.45. The minimum atomic E-state index is -1.06. The average Bonchev–Trinajstić information content (AvgIpc) is 3.66. The summed E-state index contributed by atoms with van der Waals surface area (Å²) < 4.78 is 12.1. The van der Waals surface area contributed by atoms with Gasteiger partial charge < -0.3 is 29.3 Å². The summed E-state index contributed by atoms with van der Waals surface area (Å²) >= 11 is 0. The standard InChI is InChI=1S/C32H44N4O6/c1-3-14-34(18-17-33-19-22-41-23-20-33)31(40)28-32-13-12-25(42-32)26(27(32)30(39)36(28)16-8-9-21-37)29(38)35(15-4-2)24-10-6-5-7-11-24/h3-7,10-11,25-28,37H,1-2,8-9,12-23H2/t25-,26+,27-,28?,32?/m0/s1. The molecule has 1 aromatic carbocycles. The molecule has 1 N–H and O–H groups in total. The number of amides is 3. The second kappa shape index (κ2) is 13.5. The number of likely N-dealkylation sites (tertiary alicyclic amines) is 1. The van der Waals surface area contributed by atoms with E-state index in [0.717, 1.165) is 18.8 Å². The van der Waals surface area contributed by atoms with E-state index in [0.29, 0.717) is 71.6 Å². The minimum absolute atomic E-state index is 0.00459. The normalized spacial score (nSPS) is 28.5. The van der Waals surface area contributed by atoms with Crippen molar-refractivity contribution in [1.29, 1.82) is 0 Å². The number of nitrogens with zero attached hydrogens (tertiary/aromatic N) is 4. The van der Waals surface area contributed by atoms with E-state index in [9.17, 15) is 19.5 Å². The van der Waals surface area contributed by atoms with Crippen LogP contribution in [0.2, 0.25) is 0 Å². The summed E-state index contributed by atoms with van der Waals surface area (Å²) in [6.07, 6.45) is 5.19. The molecule has 4 saturated heterocycles. The van der Waals surface area contributed by atoms with E-state index >= 15 is 0 Å². The summed E-state index contributed by atoms with van der Waals surface area (Å²) in [5.74, 6) is -1.98. The third-order valence-electron chi connectivity index (χ3n) is 9.22. The SMILES string of the molecule is C=CCN(CCN1CCOCC1)C(=O)C1N(CCCCO)C(=O)[C@@H]2[C@H](C(=O)N(CC=C)c3ccccc3)[C@@H]3CCC12O3. The smallest absolute Gasteiger partial charge is 0.248 e. The summed E-state index contributed by atoms with van der Waals surface area (Å²) in [7, 11) is 0. The molecule has 5 atom stereocenters. The van der Waals surface area contributed by atoms with Gasteiger partial charge >= 0.3 is 0 Å². The van der Waals surface area contributed by atoms with E-state index in [1.54, 1.807) is 26.9 Å². The fourth-order valence-corrected chi connectivity index (χ4v) is 7.30. The van der Waals surface area contributed by atoms with Crippen LogP contribution in [-0.2, 0) is 23.9 Å². The Labute approximate surface area is 248 Å². The number of anilines is 1. The average molecular weight is 581 g/mol. The molecule has 4 aliphatic heterocycles. The molecule has 4 fully saturated rings. The molecule has 0 aromatic heterocycles. The van der Waals surface area contributed by atoms with Gasteiger partial charge in [-0.15, -0.1) is 13.2 Å². The quantitative estimate of drug-likeness (QED) is 0.264. The number of rotatable bonds is 14. The second-order valence-corrected chi connectivity index (χ2v) is 11.6. The molecule has 42 heavy (non-hydrogen) atoms. The van der Waals surface area contributed by atoms with Gasteiger partial charge in [-0.1, -0.05) is 30.4 Å². The lowest BCUT2D eigenvalue weighted by molar-refractivity contribution is -0.148. The molecule has 2 unspecified atom stereocenters. The van der Waals surface area contributed by atoms with Crippen LogP contribution < -0.4 is 4.90 Å². The predicted molar refractivity (Wildman–Crippen MR) is 159 cm³/mol. The fraction of sp³-hybridized carbons (Fsp3) is 0.594. The molecule has 5 rings (SSSR count). The molecule has 4 aliphatic rings. The van der Waals surface area contributed by atoms with E-state index in [1.807, 2.05) is 30.3 Å². The Morgan fingerprint density at radius 3 is 2.48 bits per heavy atom. The number of carbonyl (C=O) groups excluding carboxylic acids is 3. The van der Waals surface area contributed by atoms with Crippen molar-refractivity contribution in [2.75, 3.05) is 70.5 Å². The van der Waals surface area contributed by atoms with Crippen LogP contribution in [0.1, 0.15) is 25.7 Å². The number of ether oxygens (including phenoxy) is 2. The Bertz CT molecular complexity index is 1140. The third-order valence-corrected chi connectivity index (χ3v) is 9.22. The maximum Gasteiger partial charge on any atom is 0.248 e. The fourth-order valence-electron chi connectivity index (χ4n) is 7.30. The van der Waals surface area contributed by atoms with Gasteiger partial charge in [0, 0.05) is 58.1 Å². The number of aliphatic hydroxyl groups excluding tert-OH is 1. The maximum atomic E-state index is 14.5. The molecule has 1 aromatic rings. The van der Waals surface area contributed by atoms with Crippen molar-refractivity contribution in [3.05, 3.63) is 55.6 Å². The van der Waals surface area contributed by atoms with Gasteiger partial charge in [-0.25, -0.2) is 0 Å². The van der Waals surface area contributed by atoms with Crippen molar-refractivity contribution in [2.24, 2.45) is 11.8 Å². The summed E-state index contributed by atoms with van der Waals surface area (Å²) in [6, 6.07) is 8.56. The second-order valence-electron chi connectivity index (χ2n) is 11.6. The Morgan fingerprint density at radius 1 is 1.05 bits per heavy atom. The molecule has 10 nitrogen and oxygen atoms in total. The van der Waals surface area contributed by atoms with Crippen molar-refractivity contribution >= 4 is 23.4 Å². The number of carbonyl (C=O) groups is 3. The predicted octanol–water partition coefficient (Wildman–Crippen LogP) is 1.70. The number of unbranched alkanes of at least 4 members (excludes halogenated alkanes) is 1. The highest BCUT2D eigenvalue weighted by Gasteiger charge is 2.74. The van der Waals surface area contributed by atoms with Gasteiger partial charge in [-0.2, -0.15) is 0 Å². The van der Waals surface area contributed by atoms with Gasteiger partial charge in [0.25, 0.3) is 0 Å². The van der Waals surface area contributed by atoms with Crippen LogP contribution in [0.25, 0.3) is 0 Å². The monoisotopic (exact) mass is 580 g/mol. The minimum Gasteiger partial charge on any atom is -0.396 e. The highest BCUT2D eigenvalue weighted by Crippen LogP contribution is 2.59. The Balaban J connectivity index is 1.45. The lowest BCUT2D eigenvalue weighted by Crippen LogP contribution is -2.57. The van der Waals surface area contributed by atoms with Crippen LogP contribution in [0.4, 0.5) is 5.69 Å². The zero-order valence-corrected chi connectivity index (χ0v) is 24.4. The third kappa shape index (κ3) is 5.65. The molecule has 228 valence electrons. The molecule has 0 saturated carbocycles. The zero-order valence-electron chi connectivity index (χ0n) is 24.4. The first-order valence-electron chi connectivity index (χ1n) is 15.2.